The highest BCUT2D eigenvalue weighted by Crippen LogP contribution is 2.52. The van der Waals surface area contributed by atoms with Crippen molar-refractivity contribution < 1.29 is 0 Å². The molecule has 3 atom stereocenters. The fourth-order valence-corrected chi connectivity index (χ4v) is 3.24. The van der Waals surface area contributed by atoms with Crippen LogP contribution in [0.2, 0.25) is 0 Å². The van der Waals surface area contributed by atoms with Crippen LogP contribution in [0.3, 0.4) is 0 Å². The second-order valence-electron chi connectivity index (χ2n) is 6.98. The molecule has 0 rings (SSSR count). The quantitative estimate of drug-likeness (QED) is 0.395. The third kappa shape index (κ3) is 4.23. The Bertz CT molecular complexity index is 358. The van der Waals surface area contributed by atoms with E-state index in [4.69, 9.17) is 0 Å². The zero-order chi connectivity index (χ0) is 16.0. The number of hydrogen-bond acceptors (Lipinski definition) is 0. The summed E-state index contributed by atoms with van der Waals surface area (Å²) >= 11 is 0. The van der Waals surface area contributed by atoms with Crippen LogP contribution in [0.5, 0.6) is 0 Å². The average Bonchev–Trinajstić information content (AvgIpc) is 2.39. The highest BCUT2D eigenvalue weighted by atomic mass is 14.5. The Hall–Kier alpha value is -1.04. The van der Waals surface area contributed by atoms with Crippen molar-refractivity contribution in [3.05, 3.63) is 50.1 Å². The Labute approximate surface area is 127 Å². The second kappa shape index (κ2) is 7.67. The van der Waals surface area contributed by atoms with Gasteiger partial charge in [0, 0.05) is 0 Å². The van der Waals surface area contributed by atoms with Gasteiger partial charge in [-0.05, 0) is 48.9 Å². The molecule has 0 saturated heterocycles. The summed E-state index contributed by atoms with van der Waals surface area (Å²) in [6.45, 7) is 27.4. The molecule has 0 aliphatic rings. The summed E-state index contributed by atoms with van der Waals surface area (Å²) in [6.07, 6.45) is 9.54. The van der Waals surface area contributed by atoms with Gasteiger partial charge < -0.3 is 0 Å². The summed E-state index contributed by atoms with van der Waals surface area (Å²) in [4.78, 5) is 0. The summed E-state index contributed by atoms with van der Waals surface area (Å²) in [5.41, 5.74) is 1.30. The molecule has 3 unspecified atom stereocenters. The van der Waals surface area contributed by atoms with Crippen molar-refractivity contribution in [1.29, 1.82) is 0 Å². The van der Waals surface area contributed by atoms with E-state index < -0.39 is 0 Å². The standard InChI is InChI=1S/C20H34/c1-10-17(6)15-18(7)20(12-3,14-13-16(4)5)19(8,9)11-2/h10-12,17-18H,1-4,13-15H2,5-9H3. The van der Waals surface area contributed by atoms with Gasteiger partial charge in [0.1, 0.15) is 0 Å². The van der Waals surface area contributed by atoms with Gasteiger partial charge in [-0.1, -0.05) is 51.5 Å². The van der Waals surface area contributed by atoms with E-state index in [1.165, 1.54) is 5.57 Å². The van der Waals surface area contributed by atoms with E-state index in [0.717, 1.165) is 19.3 Å². The van der Waals surface area contributed by atoms with Gasteiger partial charge in [-0.3, -0.25) is 0 Å². The molecular formula is C20H34. The van der Waals surface area contributed by atoms with Crippen molar-refractivity contribution in [3.63, 3.8) is 0 Å². The minimum Gasteiger partial charge on any atom is -0.103 e. The van der Waals surface area contributed by atoms with Crippen LogP contribution in [0, 0.1) is 22.7 Å². The summed E-state index contributed by atoms with van der Waals surface area (Å²) in [5.74, 6) is 1.05. The number of allylic oxidation sites excluding steroid dienone is 4. The van der Waals surface area contributed by atoms with Gasteiger partial charge >= 0.3 is 0 Å². The van der Waals surface area contributed by atoms with E-state index in [-0.39, 0.29) is 10.8 Å². The Kier molecular flexibility index (Phi) is 7.27. The van der Waals surface area contributed by atoms with Crippen LogP contribution in [0.25, 0.3) is 0 Å². The first-order valence-electron chi connectivity index (χ1n) is 7.71. The number of hydrogen-bond donors (Lipinski definition) is 0. The molecule has 0 aromatic rings. The van der Waals surface area contributed by atoms with E-state index >= 15 is 0 Å². The Morgan fingerprint density at radius 3 is 2.00 bits per heavy atom. The van der Waals surface area contributed by atoms with Crippen LogP contribution in [-0.4, -0.2) is 0 Å². The molecule has 0 nitrogen and oxygen atoms in total. The molecule has 20 heavy (non-hydrogen) atoms. The monoisotopic (exact) mass is 274 g/mol. The lowest BCUT2D eigenvalue weighted by Crippen LogP contribution is -2.41. The molecule has 0 amide bonds. The summed E-state index contributed by atoms with van der Waals surface area (Å²) < 4.78 is 0. The first-order chi connectivity index (χ1) is 9.16. The minimum absolute atomic E-state index is 0.0184. The van der Waals surface area contributed by atoms with Gasteiger partial charge in [-0.25, -0.2) is 0 Å². The highest BCUT2D eigenvalue weighted by molar-refractivity contribution is 5.14. The summed E-state index contributed by atoms with van der Waals surface area (Å²) in [5, 5.41) is 0. The van der Waals surface area contributed by atoms with Crippen molar-refractivity contribution in [2.75, 3.05) is 0 Å². The van der Waals surface area contributed by atoms with E-state index in [1.54, 1.807) is 0 Å². The van der Waals surface area contributed by atoms with Crippen molar-refractivity contribution >= 4 is 0 Å². The summed E-state index contributed by atoms with van der Waals surface area (Å²) in [6, 6.07) is 0. The minimum atomic E-state index is 0.0184. The zero-order valence-corrected chi connectivity index (χ0v) is 14.3. The van der Waals surface area contributed by atoms with Gasteiger partial charge in [0.05, 0.1) is 0 Å². The van der Waals surface area contributed by atoms with Crippen LogP contribution in [0.4, 0.5) is 0 Å². The molecule has 0 bridgehead atoms. The van der Waals surface area contributed by atoms with Gasteiger partial charge in [0.2, 0.25) is 0 Å². The normalized spacial score (nSPS) is 17.6. The molecule has 0 aliphatic carbocycles. The molecule has 0 aliphatic heterocycles. The van der Waals surface area contributed by atoms with Crippen molar-refractivity contribution in [3.8, 4) is 0 Å². The predicted molar refractivity (Wildman–Crippen MR) is 93.8 cm³/mol. The van der Waals surface area contributed by atoms with Crippen LogP contribution >= 0.6 is 0 Å². The predicted octanol–water partition coefficient (Wildman–Crippen LogP) is 6.58. The smallest absolute Gasteiger partial charge is 0.000658 e. The van der Waals surface area contributed by atoms with Crippen molar-refractivity contribution in [2.45, 2.75) is 53.9 Å². The van der Waals surface area contributed by atoms with Gasteiger partial charge in [0.15, 0.2) is 0 Å². The molecule has 114 valence electrons. The Balaban J connectivity index is 5.50. The third-order valence-electron chi connectivity index (χ3n) is 5.05. The lowest BCUT2D eigenvalue weighted by atomic mass is 9.55. The van der Waals surface area contributed by atoms with Crippen molar-refractivity contribution in [2.24, 2.45) is 22.7 Å². The fraction of sp³-hybridized carbons (Fsp3) is 0.600. The molecular weight excluding hydrogens is 240 g/mol. The van der Waals surface area contributed by atoms with E-state index in [0.29, 0.717) is 11.8 Å². The van der Waals surface area contributed by atoms with Gasteiger partial charge in [-0.15, -0.1) is 26.3 Å². The molecule has 0 saturated carbocycles. The third-order valence-corrected chi connectivity index (χ3v) is 5.05. The second-order valence-corrected chi connectivity index (χ2v) is 6.98. The van der Waals surface area contributed by atoms with Gasteiger partial charge in [-0.2, -0.15) is 0 Å². The maximum atomic E-state index is 4.18. The maximum Gasteiger partial charge on any atom is -0.000658 e. The van der Waals surface area contributed by atoms with E-state index in [2.05, 4.69) is 73.1 Å². The van der Waals surface area contributed by atoms with E-state index in [9.17, 15) is 0 Å². The molecule has 0 aromatic heterocycles. The molecule has 0 radical (unpaired) electrons. The maximum absolute atomic E-state index is 4.18. The fourth-order valence-electron chi connectivity index (χ4n) is 3.24. The Morgan fingerprint density at radius 1 is 1.10 bits per heavy atom. The molecule has 0 heteroatoms. The van der Waals surface area contributed by atoms with Crippen molar-refractivity contribution in [1.82, 2.24) is 0 Å². The highest BCUT2D eigenvalue weighted by Gasteiger charge is 2.44. The lowest BCUT2D eigenvalue weighted by molar-refractivity contribution is 0.0802. The first-order valence-corrected chi connectivity index (χ1v) is 7.71. The average molecular weight is 274 g/mol. The lowest BCUT2D eigenvalue weighted by Gasteiger charge is -2.48. The van der Waals surface area contributed by atoms with Crippen LogP contribution in [0.15, 0.2) is 50.1 Å². The molecule has 0 fully saturated rings. The molecule has 0 spiro atoms. The molecule has 0 heterocycles. The SMILES string of the molecule is C=CC(C)CC(C)C(C=C)(CCC(=C)C)C(C)(C)C=C. The largest absolute Gasteiger partial charge is 0.103 e. The van der Waals surface area contributed by atoms with Crippen LogP contribution < -0.4 is 0 Å². The topological polar surface area (TPSA) is 0 Å². The first kappa shape index (κ1) is 19.0. The van der Waals surface area contributed by atoms with E-state index in [1.807, 2.05) is 6.08 Å². The summed E-state index contributed by atoms with van der Waals surface area (Å²) in [7, 11) is 0. The zero-order valence-electron chi connectivity index (χ0n) is 14.3. The van der Waals surface area contributed by atoms with Crippen LogP contribution in [0.1, 0.15) is 53.9 Å². The molecule has 0 N–H and O–H groups in total. The number of rotatable bonds is 10. The Morgan fingerprint density at radius 2 is 1.65 bits per heavy atom. The molecule has 0 aromatic carbocycles. The van der Waals surface area contributed by atoms with Crippen LogP contribution in [-0.2, 0) is 0 Å². The van der Waals surface area contributed by atoms with Gasteiger partial charge in [0.25, 0.3) is 0 Å².